The third-order valence-electron chi connectivity index (χ3n) is 5.97. The zero-order valence-corrected chi connectivity index (χ0v) is 19.8. The van der Waals surface area contributed by atoms with Gasteiger partial charge in [0.05, 0.1) is 12.6 Å². The highest BCUT2D eigenvalue weighted by Crippen LogP contribution is 2.35. The molecule has 0 bridgehead atoms. The van der Waals surface area contributed by atoms with Gasteiger partial charge in [-0.3, -0.25) is 0 Å². The van der Waals surface area contributed by atoms with E-state index in [9.17, 15) is 0 Å². The minimum Gasteiger partial charge on any atom is -0.493 e. The van der Waals surface area contributed by atoms with Gasteiger partial charge in [0.15, 0.2) is 11.5 Å². The summed E-state index contributed by atoms with van der Waals surface area (Å²) in [6, 6.07) is 22.3. The van der Waals surface area contributed by atoms with Crippen LogP contribution in [0.4, 0.5) is 0 Å². The Morgan fingerprint density at radius 2 is 1.52 bits per heavy atom. The summed E-state index contributed by atoms with van der Waals surface area (Å²) in [7, 11) is 7.53. The summed E-state index contributed by atoms with van der Waals surface area (Å²) >= 11 is 0. The molecule has 1 aromatic heterocycles. The Balaban J connectivity index is 1.36. The van der Waals surface area contributed by atoms with E-state index in [1.54, 1.807) is 14.2 Å². The average Bonchev–Trinajstić information content (AvgIpc) is 3.15. The van der Waals surface area contributed by atoms with Gasteiger partial charge in [-0.15, -0.1) is 0 Å². The maximum Gasteiger partial charge on any atom is 0.161 e. The minimum atomic E-state index is -0.0634. The summed E-state index contributed by atoms with van der Waals surface area (Å²) in [4.78, 5) is 2.19. The molecule has 4 rings (SSSR count). The number of likely N-dealkylation sites (N-methyl/N-ethyl adjacent to an activating group) is 1. The van der Waals surface area contributed by atoms with Crippen LogP contribution in [0.25, 0.3) is 21.8 Å². The fourth-order valence-corrected chi connectivity index (χ4v) is 4.16. The van der Waals surface area contributed by atoms with Crippen molar-refractivity contribution in [1.29, 1.82) is 0 Å². The molecule has 3 aromatic carbocycles. The lowest BCUT2D eigenvalue weighted by molar-refractivity contribution is 0.0331. The lowest BCUT2D eigenvalue weighted by Crippen LogP contribution is -2.36. The predicted molar refractivity (Wildman–Crippen MR) is 133 cm³/mol. The first-order valence-corrected chi connectivity index (χ1v) is 11.2. The normalized spacial score (nSPS) is 12.4. The highest BCUT2D eigenvalue weighted by atomic mass is 16.5. The van der Waals surface area contributed by atoms with Crippen LogP contribution in [0.5, 0.6) is 17.2 Å². The van der Waals surface area contributed by atoms with Crippen molar-refractivity contribution in [3.63, 3.8) is 0 Å². The van der Waals surface area contributed by atoms with Crippen LogP contribution in [0.1, 0.15) is 0 Å². The lowest BCUT2D eigenvalue weighted by atomic mass is 10.1. The summed E-state index contributed by atoms with van der Waals surface area (Å²) in [6.07, 6.45) is -0.0634. The fourth-order valence-electron chi connectivity index (χ4n) is 4.16. The van der Waals surface area contributed by atoms with Gasteiger partial charge < -0.3 is 28.4 Å². The Morgan fingerprint density at radius 3 is 2.30 bits per heavy atom. The maximum atomic E-state index is 6.29. The molecule has 0 spiro atoms. The third-order valence-corrected chi connectivity index (χ3v) is 5.97. The number of aromatic nitrogens is 1. The van der Waals surface area contributed by atoms with E-state index in [0.717, 1.165) is 41.2 Å². The zero-order chi connectivity index (χ0) is 23.2. The van der Waals surface area contributed by atoms with E-state index in [-0.39, 0.29) is 6.10 Å². The average molecular weight is 449 g/mol. The van der Waals surface area contributed by atoms with E-state index in [0.29, 0.717) is 13.2 Å². The molecule has 6 nitrogen and oxygen atoms in total. The first-order chi connectivity index (χ1) is 16.1. The molecule has 0 saturated carbocycles. The fraction of sp³-hybridized carbons (Fsp3) is 0.333. The molecule has 6 heteroatoms. The van der Waals surface area contributed by atoms with Crippen LogP contribution in [0.3, 0.4) is 0 Å². The summed E-state index contributed by atoms with van der Waals surface area (Å²) in [5.74, 6) is 2.38. The molecular formula is C27H32N2O4. The topological polar surface area (TPSA) is 45.1 Å². The summed E-state index contributed by atoms with van der Waals surface area (Å²) in [5, 5.41) is 2.34. The smallest absolute Gasteiger partial charge is 0.161 e. The van der Waals surface area contributed by atoms with Gasteiger partial charge >= 0.3 is 0 Å². The van der Waals surface area contributed by atoms with Gasteiger partial charge in [-0.1, -0.05) is 36.4 Å². The molecule has 1 unspecified atom stereocenters. The second-order valence-electron chi connectivity index (χ2n) is 8.16. The van der Waals surface area contributed by atoms with Gasteiger partial charge in [-0.2, -0.15) is 0 Å². The molecule has 0 amide bonds. The SMILES string of the molecule is COc1ccccc1OCCN(C)CC(COc1cccc2c1c1ccccc1n2C)OC. The zero-order valence-electron chi connectivity index (χ0n) is 19.8. The predicted octanol–water partition coefficient (Wildman–Crippen LogP) is 4.74. The van der Waals surface area contributed by atoms with Crippen LogP contribution < -0.4 is 14.2 Å². The van der Waals surface area contributed by atoms with E-state index in [2.05, 4.69) is 53.9 Å². The molecule has 174 valence electrons. The Labute approximate surface area is 195 Å². The molecule has 0 aliphatic heterocycles. The van der Waals surface area contributed by atoms with Crippen LogP contribution in [-0.4, -0.2) is 63.1 Å². The van der Waals surface area contributed by atoms with Crippen molar-refractivity contribution in [2.24, 2.45) is 7.05 Å². The number of para-hydroxylation sites is 3. The van der Waals surface area contributed by atoms with E-state index < -0.39 is 0 Å². The molecule has 33 heavy (non-hydrogen) atoms. The molecule has 0 aliphatic carbocycles. The second kappa shape index (κ2) is 10.6. The standard InChI is InChI=1S/C27H32N2O4/c1-28(16-17-32-25-14-8-7-13-24(25)31-4)18-20(30-3)19-33-26-15-9-12-23-27(26)21-10-5-6-11-22(21)29(23)2/h5-15,20H,16-19H2,1-4H3. The summed E-state index contributed by atoms with van der Waals surface area (Å²) < 4.78 is 25.4. The molecule has 0 fully saturated rings. The first kappa shape index (κ1) is 23.0. The van der Waals surface area contributed by atoms with E-state index in [1.165, 1.54) is 10.9 Å². The van der Waals surface area contributed by atoms with Crippen LogP contribution in [-0.2, 0) is 11.8 Å². The molecule has 0 N–H and O–H groups in total. The molecule has 1 heterocycles. The lowest BCUT2D eigenvalue weighted by Gasteiger charge is -2.23. The monoisotopic (exact) mass is 448 g/mol. The Morgan fingerprint density at radius 1 is 0.818 bits per heavy atom. The molecule has 0 radical (unpaired) electrons. The minimum absolute atomic E-state index is 0.0634. The number of hydrogen-bond donors (Lipinski definition) is 0. The number of ether oxygens (including phenoxy) is 4. The van der Waals surface area contributed by atoms with Gasteiger partial charge in [0.1, 0.15) is 25.1 Å². The molecule has 0 saturated heterocycles. The summed E-state index contributed by atoms with van der Waals surface area (Å²) in [5.41, 5.74) is 2.36. The van der Waals surface area contributed by atoms with Crippen LogP contribution in [0.15, 0.2) is 66.7 Å². The van der Waals surface area contributed by atoms with Crippen molar-refractivity contribution in [2.75, 3.05) is 47.6 Å². The highest BCUT2D eigenvalue weighted by Gasteiger charge is 2.16. The number of hydrogen-bond acceptors (Lipinski definition) is 5. The number of rotatable bonds is 11. The second-order valence-corrected chi connectivity index (χ2v) is 8.16. The number of nitrogens with zero attached hydrogens (tertiary/aromatic N) is 2. The van der Waals surface area contributed by atoms with Crippen LogP contribution in [0.2, 0.25) is 0 Å². The number of aryl methyl sites for hydroxylation is 1. The number of methoxy groups -OCH3 is 2. The van der Waals surface area contributed by atoms with Crippen molar-refractivity contribution in [2.45, 2.75) is 6.10 Å². The quantitative estimate of drug-likeness (QED) is 0.332. The van der Waals surface area contributed by atoms with E-state index >= 15 is 0 Å². The highest BCUT2D eigenvalue weighted by molar-refractivity contribution is 6.11. The Hall–Kier alpha value is -3.22. The largest absolute Gasteiger partial charge is 0.493 e. The van der Waals surface area contributed by atoms with E-state index in [1.807, 2.05) is 36.4 Å². The van der Waals surface area contributed by atoms with Gasteiger partial charge in [0.2, 0.25) is 0 Å². The van der Waals surface area contributed by atoms with Gasteiger partial charge in [0.25, 0.3) is 0 Å². The number of fused-ring (bicyclic) bond motifs is 3. The van der Waals surface area contributed by atoms with Gasteiger partial charge in [-0.05, 0) is 37.4 Å². The number of benzene rings is 3. The molecule has 1 atom stereocenters. The van der Waals surface area contributed by atoms with Crippen molar-refractivity contribution in [3.8, 4) is 17.2 Å². The Bertz CT molecular complexity index is 1200. The van der Waals surface area contributed by atoms with Crippen molar-refractivity contribution >= 4 is 21.8 Å². The maximum absolute atomic E-state index is 6.29. The molecule has 4 aromatic rings. The van der Waals surface area contributed by atoms with Crippen molar-refractivity contribution in [1.82, 2.24) is 9.47 Å². The van der Waals surface area contributed by atoms with E-state index in [4.69, 9.17) is 18.9 Å². The van der Waals surface area contributed by atoms with Crippen molar-refractivity contribution in [3.05, 3.63) is 66.7 Å². The van der Waals surface area contributed by atoms with Gasteiger partial charge in [0, 0.05) is 43.5 Å². The van der Waals surface area contributed by atoms with Crippen molar-refractivity contribution < 1.29 is 18.9 Å². The van der Waals surface area contributed by atoms with Crippen LogP contribution >= 0.6 is 0 Å². The Kier molecular flexibility index (Phi) is 7.37. The summed E-state index contributed by atoms with van der Waals surface area (Å²) in [6.45, 7) is 2.52. The molecular weight excluding hydrogens is 416 g/mol. The first-order valence-electron chi connectivity index (χ1n) is 11.2. The van der Waals surface area contributed by atoms with Crippen LogP contribution in [0, 0.1) is 0 Å². The third kappa shape index (κ3) is 5.07. The van der Waals surface area contributed by atoms with Gasteiger partial charge in [-0.25, -0.2) is 0 Å². The molecule has 0 aliphatic rings.